The number of pyridine rings is 1. The monoisotopic (exact) mass is 492 g/mol. The van der Waals surface area contributed by atoms with Gasteiger partial charge in [-0.25, -0.2) is 4.68 Å². The van der Waals surface area contributed by atoms with E-state index >= 15 is 0 Å². The average Bonchev–Trinajstić information content (AvgIpc) is 3.33. The van der Waals surface area contributed by atoms with Gasteiger partial charge in [-0.2, -0.15) is 0 Å². The summed E-state index contributed by atoms with van der Waals surface area (Å²) >= 11 is 0. The van der Waals surface area contributed by atoms with Crippen LogP contribution in [0.1, 0.15) is 48.0 Å². The number of H-pyrrole nitrogens is 1. The number of para-hydroxylation sites is 1. The van der Waals surface area contributed by atoms with Crippen molar-refractivity contribution < 1.29 is 0 Å². The van der Waals surface area contributed by atoms with E-state index in [1.807, 2.05) is 72.3 Å². The molecule has 7 nitrogen and oxygen atoms in total. The molecule has 5 aromatic rings. The smallest absolute Gasteiger partial charge is 0.252 e. The molecule has 0 aliphatic rings. The van der Waals surface area contributed by atoms with Crippen LogP contribution in [0.4, 0.5) is 0 Å². The summed E-state index contributed by atoms with van der Waals surface area (Å²) in [6, 6.07) is 28.5. The van der Waals surface area contributed by atoms with E-state index in [-0.39, 0.29) is 17.5 Å². The molecule has 188 valence electrons. The van der Waals surface area contributed by atoms with E-state index < -0.39 is 0 Å². The number of fused-ring (bicyclic) bond motifs is 1. The molecule has 0 bridgehead atoms. The molecular weight excluding hydrogens is 460 g/mol. The molecule has 0 aliphatic carbocycles. The quantitative estimate of drug-likeness (QED) is 0.303. The largest absolute Gasteiger partial charge is 0.321 e. The first kappa shape index (κ1) is 24.6. The van der Waals surface area contributed by atoms with Gasteiger partial charge in [-0.05, 0) is 51.4 Å². The summed E-state index contributed by atoms with van der Waals surface area (Å²) in [5, 5.41) is 13.9. The molecule has 0 spiro atoms. The van der Waals surface area contributed by atoms with Crippen molar-refractivity contribution in [1.29, 1.82) is 0 Å². The molecule has 0 unspecified atom stereocenters. The lowest BCUT2D eigenvalue weighted by molar-refractivity contribution is 0.126. The van der Waals surface area contributed by atoms with E-state index in [1.54, 1.807) is 0 Å². The highest BCUT2D eigenvalue weighted by atomic mass is 16.1. The first-order valence-corrected chi connectivity index (χ1v) is 12.7. The van der Waals surface area contributed by atoms with E-state index in [1.165, 1.54) is 5.56 Å². The predicted octanol–water partition coefficient (Wildman–Crippen LogP) is 5.27. The van der Waals surface area contributed by atoms with Gasteiger partial charge in [0.1, 0.15) is 0 Å². The van der Waals surface area contributed by atoms with Crippen molar-refractivity contribution in [3.05, 3.63) is 123 Å². The van der Waals surface area contributed by atoms with Crippen LogP contribution in [0.15, 0.2) is 89.7 Å². The third kappa shape index (κ3) is 5.52. The second-order valence-corrected chi connectivity index (χ2v) is 9.92. The Morgan fingerprint density at radius 1 is 0.892 bits per heavy atom. The summed E-state index contributed by atoms with van der Waals surface area (Å²) in [6.45, 7) is 8.08. The molecule has 0 amide bonds. The van der Waals surface area contributed by atoms with E-state index in [0.717, 1.165) is 33.4 Å². The number of aromatic amines is 1. The summed E-state index contributed by atoms with van der Waals surface area (Å²) in [5.41, 5.74) is 4.91. The molecule has 0 radical (unpaired) electrons. The molecule has 3 aromatic carbocycles. The number of benzene rings is 3. The van der Waals surface area contributed by atoms with Crippen molar-refractivity contribution in [1.82, 2.24) is 30.1 Å². The third-order valence-corrected chi connectivity index (χ3v) is 6.79. The zero-order valence-electron chi connectivity index (χ0n) is 21.5. The Balaban J connectivity index is 1.55. The molecule has 0 aliphatic heterocycles. The van der Waals surface area contributed by atoms with Crippen molar-refractivity contribution in [2.45, 2.75) is 46.4 Å². The van der Waals surface area contributed by atoms with Gasteiger partial charge >= 0.3 is 0 Å². The summed E-state index contributed by atoms with van der Waals surface area (Å²) < 4.78 is 1.88. The fourth-order valence-corrected chi connectivity index (χ4v) is 5.01. The predicted molar refractivity (Wildman–Crippen MR) is 146 cm³/mol. The SMILES string of the molecule is Cc1cccc2cc(CN(Cc3ccccc3)[C@H](c3nnnn3Cc3ccccc3)C(C)C)c(=O)[nH]c12. The standard InChI is InChI=1S/C30H32N6O/c1-21(2)28(29-32-33-34-36(29)19-24-14-8-5-9-15-24)35(18-23-12-6-4-7-13-23)20-26-17-25-16-10-11-22(3)27(25)31-30(26)37/h4-17,21,28H,18-20H2,1-3H3,(H,31,37)/t28-/m0/s1. The van der Waals surface area contributed by atoms with Crippen molar-refractivity contribution in [3.63, 3.8) is 0 Å². The van der Waals surface area contributed by atoms with Crippen LogP contribution < -0.4 is 5.56 Å². The fourth-order valence-electron chi connectivity index (χ4n) is 5.01. The van der Waals surface area contributed by atoms with Crippen LogP contribution in [-0.4, -0.2) is 30.1 Å². The van der Waals surface area contributed by atoms with Crippen LogP contribution in [0.5, 0.6) is 0 Å². The number of rotatable bonds is 9. The van der Waals surface area contributed by atoms with Gasteiger partial charge in [-0.15, -0.1) is 5.10 Å². The molecule has 1 atom stereocenters. The maximum absolute atomic E-state index is 13.2. The van der Waals surface area contributed by atoms with Gasteiger partial charge in [0.2, 0.25) is 0 Å². The van der Waals surface area contributed by atoms with E-state index in [9.17, 15) is 4.79 Å². The lowest BCUT2D eigenvalue weighted by Gasteiger charge is -2.33. The third-order valence-electron chi connectivity index (χ3n) is 6.79. The number of hydrogen-bond acceptors (Lipinski definition) is 5. The number of hydrogen-bond donors (Lipinski definition) is 1. The van der Waals surface area contributed by atoms with Crippen LogP contribution in [0.25, 0.3) is 10.9 Å². The van der Waals surface area contributed by atoms with Crippen LogP contribution >= 0.6 is 0 Å². The van der Waals surface area contributed by atoms with E-state index in [4.69, 9.17) is 0 Å². The first-order chi connectivity index (χ1) is 18.0. The topological polar surface area (TPSA) is 79.7 Å². The van der Waals surface area contributed by atoms with Crippen LogP contribution in [-0.2, 0) is 19.6 Å². The minimum Gasteiger partial charge on any atom is -0.321 e. The van der Waals surface area contributed by atoms with Crippen molar-refractivity contribution in [2.24, 2.45) is 5.92 Å². The highest BCUT2D eigenvalue weighted by molar-refractivity contribution is 5.81. The number of tetrazole rings is 1. The Kier molecular flexibility index (Phi) is 7.23. The Morgan fingerprint density at radius 2 is 1.59 bits per heavy atom. The van der Waals surface area contributed by atoms with Crippen molar-refractivity contribution in [3.8, 4) is 0 Å². The molecule has 0 saturated heterocycles. The van der Waals surface area contributed by atoms with Gasteiger partial charge in [0.05, 0.1) is 18.1 Å². The molecular formula is C30H32N6O. The van der Waals surface area contributed by atoms with Gasteiger partial charge in [-0.1, -0.05) is 92.7 Å². The second kappa shape index (κ2) is 10.9. The first-order valence-electron chi connectivity index (χ1n) is 12.7. The maximum Gasteiger partial charge on any atom is 0.252 e. The van der Waals surface area contributed by atoms with E-state index in [0.29, 0.717) is 19.6 Å². The molecule has 37 heavy (non-hydrogen) atoms. The minimum absolute atomic E-state index is 0.0637. The van der Waals surface area contributed by atoms with Gasteiger partial charge in [0.25, 0.3) is 5.56 Å². The summed E-state index contributed by atoms with van der Waals surface area (Å²) in [6.07, 6.45) is 0. The van der Waals surface area contributed by atoms with Crippen LogP contribution in [0, 0.1) is 12.8 Å². The number of nitrogens with one attached hydrogen (secondary N) is 1. The van der Waals surface area contributed by atoms with Gasteiger partial charge in [-0.3, -0.25) is 9.69 Å². The number of aromatic nitrogens is 5. The molecule has 2 aromatic heterocycles. The molecule has 0 saturated carbocycles. The molecule has 5 rings (SSSR count). The van der Waals surface area contributed by atoms with Crippen molar-refractivity contribution in [2.75, 3.05) is 0 Å². The second-order valence-electron chi connectivity index (χ2n) is 9.92. The Labute approximate surface area is 216 Å². The fraction of sp³-hybridized carbons (Fsp3) is 0.267. The number of aryl methyl sites for hydroxylation is 1. The molecule has 1 N–H and O–H groups in total. The lowest BCUT2D eigenvalue weighted by Crippen LogP contribution is -2.35. The summed E-state index contributed by atoms with van der Waals surface area (Å²) in [5.74, 6) is 0.994. The van der Waals surface area contributed by atoms with E-state index in [2.05, 4.69) is 63.5 Å². The highest BCUT2D eigenvalue weighted by Gasteiger charge is 2.30. The van der Waals surface area contributed by atoms with Crippen LogP contribution in [0.2, 0.25) is 0 Å². The number of nitrogens with zero attached hydrogens (tertiary/aromatic N) is 5. The van der Waals surface area contributed by atoms with Gasteiger partial charge < -0.3 is 4.98 Å². The van der Waals surface area contributed by atoms with Gasteiger partial charge in [0.15, 0.2) is 5.82 Å². The Hall–Kier alpha value is -4.10. The van der Waals surface area contributed by atoms with Crippen LogP contribution in [0.3, 0.4) is 0 Å². The minimum atomic E-state index is -0.105. The zero-order chi connectivity index (χ0) is 25.8. The Bertz CT molecular complexity index is 1520. The molecule has 2 heterocycles. The zero-order valence-corrected chi connectivity index (χ0v) is 21.5. The maximum atomic E-state index is 13.2. The lowest BCUT2D eigenvalue weighted by atomic mass is 9.99. The average molecular weight is 493 g/mol. The normalized spacial score (nSPS) is 12.5. The summed E-state index contributed by atoms with van der Waals surface area (Å²) in [4.78, 5) is 18.7. The van der Waals surface area contributed by atoms with Gasteiger partial charge in [0, 0.05) is 18.7 Å². The van der Waals surface area contributed by atoms with Crippen molar-refractivity contribution >= 4 is 10.9 Å². The molecule has 7 heteroatoms. The highest BCUT2D eigenvalue weighted by Crippen LogP contribution is 2.30. The summed E-state index contributed by atoms with van der Waals surface area (Å²) in [7, 11) is 0. The molecule has 0 fully saturated rings. The Morgan fingerprint density at radius 3 is 2.30 bits per heavy atom.